The van der Waals surface area contributed by atoms with Gasteiger partial charge in [-0.15, -0.1) is 0 Å². The average Bonchev–Trinajstić information content (AvgIpc) is 2.97. The number of hydrogen-bond acceptors (Lipinski definition) is 6. The van der Waals surface area contributed by atoms with Crippen molar-refractivity contribution in [2.45, 2.75) is 44.5 Å². The first-order chi connectivity index (χ1) is 12.0. The summed E-state index contributed by atoms with van der Waals surface area (Å²) in [5.74, 6) is -0.540. The van der Waals surface area contributed by atoms with Gasteiger partial charge in [0.15, 0.2) is 0 Å². The fourth-order valence-corrected chi connectivity index (χ4v) is 3.87. The summed E-state index contributed by atoms with van der Waals surface area (Å²) in [5.41, 5.74) is 0.684. The summed E-state index contributed by atoms with van der Waals surface area (Å²) in [5, 5.41) is 21.7. The first-order valence-electron chi connectivity index (χ1n) is 8.46. The Morgan fingerprint density at radius 2 is 2.08 bits per heavy atom. The molecule has 2 aliphatic rings. The number of phenols is 2. The highest BCUT2D eigenvalue weighted by molar-refractivity contribution is 6.06. The molecule has 1 fully saturated rings. The third kappa shape index (κ3) is 2.40. The summed E-state index contributed by atoms with van der Waals surface area (Å²) in [6, 6.07) is 4.89. The zero-order valence-corrected chi connectivity index (χ0v) is 14.1. The van der Waals surface area contributed by atoms with E-state index in [4.69, 9.17) is 14.2 Å². The van der Waals surface area contributed by atoms with E-state index in [1.807, 2.05) is 0 Å². The Morgan fingerprint density at radius 3 is 2.80 bits per heavy atom. The SMILES string of the molecule is CCC[C@@H]1C[C@@H]2OC(=O)c3c(cc4cc(OC)cc(O)c4c3O)[C@@H]2O1. The van der Waals surface area contributed by atoms with Crippen molar-refractivity contribution in [3.63, 3.8) is 0 Å². The molecule has 2 aromatic carbocycles. The third-order valence-electron chi connectivity index (χ3n) is 4.98. The number of aromatic hydroxyl groups is 2. The molecule has 0 aromatic heterocycles. The molecule has 0 aliphatic carbocycles. The maximum Gasteiger partial charge on any atom is 0.342 e. The average molecular weight is 344 g/mol. The minimum atomic E-state index is -0.577. The van der Waals surface area contributed by atoms with E-state index in [0.29, 0.717) is 23.1 Å². The summed E-state index contributed by atoms with van der Waals surface area (Å²) in [4.78, 5) is 12.4. The predicted molar refractivity (Wildman–Crippen MR) is 90.2 cm³/mol. The Kier molecular flexibility index (Phi) is 3.72. The molecule has 2 aromatic rings. The molecule has 4 rings (SSSR count). The monoisotopic (exact) mass is 344 g/mol. The van der Waals surface area contributed by atoms with Gasteiger partial charge in [-0.25, -0.2) is 4.79 Å². The van der Waals surface area contributed by atoms with E-state index in [-0.39, 0.29) is 34.7 Å². The van der Waals surface area contributed by atoms with Gasteiger partial charge in [-0.05, 0) is 23.9 Å². The first-order valence-corrected chi connectivity index (χ1v) is 8.46. The van der Waals surface area contributed by atoms with Crippen LogP contribution in [0.1, 0.15) is 48.2 Å². The van der Waals surface area contributed by atoms with Gasteiger partial charge in [0, 0.05) is 18.1 Å². The number of methoxy groups -OCH3 is 1. The van der Waals surface area contributed by atoms with Gasteiger partial charge in [0.2, 0.25) is 0 Å². The van der Waals surface area contributed by atoms with Crippen LogP contribution in [-0.4, -0.2) is 35.5 Å². The Balaban J connectivity index is 1.90. The quantitative estimate of drug-likeness (QED) is 0.830. The van der Waals surface area contributed by atoms with E-state index in [1.54, 1.807) is 12.1 Å². The Labute approximate surface area is 144 Å². The van der Waals surface area contributed by atoms with Crippen molar-refractivity contribution in [2.24, 2.45) is 0 Å². The van der Waals surface area contributed by atoms with Crippen molar-refractivity contribution in [2.75, 3.05) is 7.11 Å². The van der Waals surface area contributed by atoms with Gasteiger partial charge in [0.1, 0.15) is 35.0 Å². The van der Waals surface area contributed by atoms with E-state index in [0.717, 1.165) is 12.8 Å². The van der Waals surface area contributed by atoms with Crippen LogP contribution in [0.4, 0.5) is 0 Å². The van der Waals surface area contributed by atoms with Gasteiger partial charge < -0.3 is 24.4 Å². The molecule has 6 nitrogen and oxygen atoms in total. The van der Waals surface area contributed by atoms with Crippen LogP contribution in [0.5, 0.6) is 17.2 Å². The molecule has 0 bridgehead atoms. The van der Waals surface area contributed by atoms with Gasteiger partial charge in [-0.3, -0.25) is 0 Å². The molecule has 2 heterocycles. The smallest absolute Gasteiger partial charge is 0.342 e. The van der Waals surface area contributed by atoms with Crippen molar-refractivity contribution in [3.05, 3.63) is 29.3 Å². The minimum absolute atomic E-state index is 0.0373. The molecule has 0 unspecified atom stereocenters. The van der Waals surface area contributed by atoms with Crippen molar-refractivity contribution >= 4 is 16.7 Å². The number of ether oxygens (including phenoxy) is 3. The van der Waals surface area contributed by atoms with Crippen LogP contribution < -0.4 is 4.74 Å². The van der Waals surface area contributed by atoms with Gasteiger partial charge in [-0.1, -0.05) is 13.3 Å². The highest BCUT2D eigenvalue weighted by Crippen LogP contribution is 2.48. The lowest BCUT2D eigenvalue weighted by Crippen LogP contribution is -2.29. The number of carbonyl (C=O) groups is 1. The van der Waals surface area contributed by atoms with Gasteiger partial charge >= 0.3 is 5.97 Å². The summed E-state index contributed by atoms with van der Waals surface area (Å²) in [6.45, 7) is 2.08. The maximum atomic E-state index is 12.4. The van der Waals surface area contributed by atoms with Crippen molar-refractivity contribution in [1.29, 1.82) is 0 Å². The van der Waals surface area contributed by atoms with E-state index in [9.17, 15) is 15.0 Å². The highest BCUT2D eigenvalue weighted by atomic mass is 16.6. The Morgan fingerprint density at radius 1 is 1.28 bits per heavy atom. The zero-order chi connectivity index (χ0) is 17.7. The second-order valence-corrected chi connectivity index (χ2v) is 6.58. The molecule has 0 amide bonds. The summed E-state index contributed by atoms with van der Waals surface area (Å²) >= 11 is 0. The van der Waals surface area contributed by atoms with Crippen molar-refractivity contribution < 1.29 is 29.2 Å². The largest absolute Gasteiger partial charge is 0.507 e. The van der Waals surface area contributed by atoms with E-state index in [2.05, 4.69) is 6.92 Å². The molecule has 132 valence electrons. The summed E-state index contributed by atoms with van der Waals surface area (Å²) in [6.07, 6.45) is 1.84. The van der Waals surface area contributed by atoms with Gasteiger partial charge in [0.05, 0.1) is 18.6 Å². The van der Waals surface area contributed by atoms with Crippen LogP contribution in [0.2, 0.25) is 0 Å². The number of rotatable bonds is 3. The first kappa shape index (κ1) is 16.0. The molecule has 3 atom stereocenters. The number of benzene rings is 2. The van der Waals surface area contributed by atoms with Crippen LogP contribution in [0.3, 0.4) is 0 Å². The number of carbonyl (C=O) groups excluding carboxylic acids is 1. The second kappa shape index (κ2) is 5.81. The molecule has 0 spiro atoms. The highest BCUT2D eigenvalue weighted by Gasteiger charge is 2.45. The Hall–Kier alpha value is -2.47. The number of phenolic OH excluding ortho intramolecular Hbond substituents is 2. The van der Waals surface area contributed by atoms with Crippen molar-refractivity contribution in [1.82, 2.24) is 0 Å². The lowest BCUT2D eigenvalue weighted by molar-refractivity contribution is -0.0232. The number of hydrogen-bond donors (Lipinski definition) is 2. The molecule has 6 heteroatoms. The normalized spacial score (nSPS) is 24.7. The van der Waals surface area contributed by atoms with Crippen LogP contribution in [0.15, 0.2) is 18.2 Å². The zero-order valence-electron chi connectivity index (χ0n) is 14.1. The lowest BCUT2D eigenvalue weighted by atomic mass is 9.90. The maximum absolute atomic E-state index is 12.4. The van der Waals surface area contributed by atoms with Crippen LogP contribution in [-0.2, 0) is 9.47 Å². The Bertz CT molecular complexity index is 859. The lowest BCUT2D eigenvalue weighted by Gasteiger charge is -2.28. The van der Waals surface area contributed by atoms with E-state index in [1.165, 1.54) is 13.2 Å². The predicted octanol–water partition coefficient (Wildman–Crippen LogP) is 3.43. The molecule has 2 N–H and O–H groups in total. The van der Waals surface area contributed by atoms with Crippen LogP contribution in [0, 0.1) is 0 Å². The summed E-state index contributed by atoms with van der Waals surface area (Å²) < 4.78 is 16.8. The van der Waals surface area contributed by atoms with E-state index < -0.39 is 12.1 Å². The summed E-state index contributed by atoms with van der Waals surface area (Å²) in [7, 11) is 1.50. The molecule has 2 aliphatic heterocycles. The fourth-order valence-electron chi connectivity index (χ4n) is 3.87. The molecule has 1 saturated heterocycles. The van der Waals surface area contributed by atoms with Gasteiger partial charge in [0.25, 0.3) is 0 Å². The molecule has 25 heavy (non-hydrogen) atoms. The second-order valence-electron chi connectivity index (χ2n) is 6.58. The van der Waals surface area contributed by atoms with Gasteiger partial charge in [-0.2, -0.15) is 0 Å². The number of esters is 1. The molecule has 0 saturated carbocycles. The molecule has 0 radical (unpaired) electrons. The number of fused-ring (bicyclic) bond motifs is 4. The van der Waals surface area contributed by atoms with Crippen molar-refractivity contribution in [3.8, 4) is 17.2 Å². The van der Waals surface area contributed by atoms with E-state index >= 15 is 0 Å². The molecular weight excluding hydrogens is 324 g/mol. The third-order valence-corrected chi connectivity index (χ3v) is 4.98. The molecular formula is C19H20O6. The van der Waals surface area contributed by atoms with Crippen LogP contribution >= 0.6 is 0 Å². The topological polar surface area (TPSA) is 85.2 Å². The fraction of sp³-hybridized carbons (Fsp3) is 0.421. The van der Waals surface area contributed by atoms with Crippen LogP contribution in [0.25, 0.3) is 10.8 Å². The standard InChI is InChI=1S/C19H20O6/c1-3-4-10-8-14-18(24-10)12-6-9-5-11(23-2)7-13(20)15(9)17(21)16(12)19(22)25-14/h5-7,10,14,18,20-21H,3-4,8H2,1-2H3/t10-,14+,18+/m1/s1. The minimum Gasteiger partial charge on any atom is -0.507 e.